The molecule has 1 aromatic heterocycles. The molecule has 13 heavy (non-hydrogen) atoms. The van der Waals surface area contributed by atoms with Gasteiger partial charge in [0.15, 0.2) is 0 Å². The van der Waals surface area contributed by atoms with E-state index in [1.54, 1.807) is 11.1 Å². The molecule has 0 unspecified atom stereocenters. The average Bonchev–Trinajstić information content (AvgIpc) is 2.08. The fraction of sp³-hybridized carbons (Fsp3) is 0.500. The molecule has 0 aliphatic rings. The Balaban J connectivity index is 2.92. The standard InChI is InChI=1S/C8H13ClN4/c1-13(2)8-11-5-6(3-4-10)7(9)12-8/h5H,3-4,10H2,1-2H3. The highest BCUT2D eigenvalue weighted by molar-refractivity contribution is 6.30. The van der Waals surface area contributed by atoms with E-state index in [1.807, 2.05) is 14.1 Å². The van der Waals surface area contributed by atoms with Gasteiger partial charge in [0.25, 0.3) is 0 Å². The van der Waals surface area contributed by atoms with Gasteiger partial charge in [-0.15, -0.1) is 0 Å². The molecule has 5 heteroatoms. The Kier molecular flexibility index (Phi) is 3.45. The first-order valence-corrected chi connectivity index (χ1v) is 4.41. The molecular weight excluding hydrogens is 188 g/mol. The van der Waals surface area contributed by atoms with Crippen LogP contribution >= 0.6 is 11.6 Å². The van der Waals surface area contributed by atoms with Gasteiger partial charge in [-0.2, -0.15) is 0 Å². The van der Waals surface area contributed by atoms with Gasteiger partial charge in [0.05, 0.1) is 0 Å². The van der Waals surface area contributed by atoms with E-state index in [0.717, 1.165) is 5.56 Å². The smallest absolute Gasteiger partial charge is 0.226 e. The first-order chi connectivity index (χ1) is 6.15. The van der Waals surface area contributed by atoms with Crippen molar-refractivity contribution in [2.45, 2.75) is 6.42 Å². The Morgan fingerprint density at radius 2 is 2.23 bits per heavy atom. The number of anilines is 1. The van der Waals surface area contributed by atoms with Crippen LogP contribution in [0, 0.1) is 0 Å². The highest BCUT2D eigenvalue weighted by Gasteiger charge is 2.04. The summed E-state index contributed by atoms with van der Waals surface area (Å²) in [5.74, 6) is 0.616. The maximum absolute atomic E-state index is 5.92. The van der Waals surface area contributed by atoms with E-state index in [0.29, 0.717) is 24.1 Å². The van der Waals surface area contributed by atoms with Crippen LogP contribution in [-0.4, -0.2) is 30.6 Å². The lowest BCUT2D eigenvalue weighted by molar-refractivity contribution is 0.923. The Bertz CT molecular complexity index is 287. The van der Waals surface area contributed by atoms with Gasteiger partial charge in [0, 0.05) is 25.9 Å². The molecule has 2 N–H and O–H groups in total. The molecule has 0 bridgehead atoms. The molecule has 0 aromatic carbocycles. The zero-order valence-electron chi connectivity index (χ0n) is 7.79. The van der Waals surface area contributed by atoms with E-state index in [-0.39, 0.29) is 0 Å². The minimum Gasteiger partial charge on any atom is -0.347 e. The SMILES string of the molecule is CN(C)c1ncc(CCN)c(Cl)n1. The molecule has 1 rings (SSSR count). The largest absolute Gasteiger partial charge is 0.347 e. The quantitative estimate of drug-likeness (QED) is 0.730. The lowest BCUT2D eigenvalue weighted by Gasteiger charge is -2.10. The Morgan fingerprint density at radius 3 is 2.69 bits per heavy atom. The summed E-state index contributed by atoms with van der Waals surface area (Å²) in [6, 6.07) is 0. The highest BCUT2D eigenvalue weighted by atomic mass is 35.5. The van der Waals surface area contributed by atoms with Gasteiger partial charge < -0.3 is 10.6 Å². The third kappa shape index (κ3) is 2.54. The molecule has 0 aliphatic heterocycles. The van der Waals surface area contributed by atoms with E-state index in [9.17, 15) is 0 Å². The fourth-order valence-electron chi connectivity index (χ4n) is 0.916. The van der Waals surface area contributed by atoms with Crippen LogP contribution in [0.5, 0.6) is 0 Å². The van der Waals surface area contributed by atoms with Gasteiger partial charge >= 0.3 is 0 Å². The van der Waals surface area contributed by atoms with Crippen molar-refractivity contribution in [3.05, 3.63) is 16.9 Å². The van der Waals surface area contributed by atoms with Crippen LogP contribution in [0.2, 0.25) is 5.15 Å². The zero-order valence-corrected chi connectivity index (χ0v) is 8.54. The third-order valence-electron chi connectivity index (χ3n) is 1.61. The summed E-state index contributed by atoms with van der Waals surface area (Å²) in [6.07, 6.45) is 2.43. The second kappa shape index (κ2) is 4.39. The number of halogens is 1. The second-order valence-electron chi connectivity index (χ2n) is 2.92. The minimum atomic E-state index is 0.490. The summed E-state index contributed by atoms with van der Waals surface area (Å²) < 4.78 is 0. The van der Waals surface area contributed by atoms with Crippen LogP contribution in [0.3, 0.4) is 0 Å². The number of nitrogens with zero attached hydrogens (tertiary/aromatic N) is 3. The van der Waals surface area contributed by atoms with Crippen molar-refractivity contribution in [1.82, 2.24) is 9.97 Å². The van der Waals surface area contributed by atoms with Crippen LogP contribution in [-0.2, 0) is 6.42 Å². The predicted molar refractivity (Wildman–Crippen MR) is 54.1 cm³/mol. The van der Waals surface area contributed by atoms with Crippen molar-refractivity contribution >= 4 is 17.5 Å². The molecule has 0 radical (unpaired) electrons. The van der Waals surface area contributed by atoms with Crippen molar-refractivity contribution in [3.8, 4) is 0 Å². The zero-order chi connectivity index (χ0) is 9.84. The van der Waals surface area contributed by atoms with Gasteiger partial charge in [0.1, 0.15) is 5.15 Å². The minimum absolute atomic E-state index is 0.490. The molecule has 0 aliphatic carbocycles. The molecule has 0 spiro atoms. The Morgan fingerprint density at radius 1 is 1.54 bits per heavy atom. The molecule has 0 atom stereocenters. The molecule has 0 saturated carbocycles. The number of hydrogen-bond donors (Lipinski definition) is 1. The molecule has 1 heterocycles. The van der Waals surface area contributed by atoms with E-state index in [4.69, 9.17) is 17.3 Å². The number of rotatable bonds is 3. The van der Waals surface area contributed by atoms with Crippen molar-refractivity contribution in [2.24, 2.45) is 5.73 Å². The van der Waals surface area contributed by atoms with Gasteiger partial charge in [-0.3, -0.25) is 0 Å². The van der Waals surface area contributed by atoms with Gasteiger partial charge in [-0.1, -0.05) is 11.6 Å². The first kappa shape index (κ1) is 10.2. The third-order valence-corrected chi connectivity index (χ3v) is 1.94. The molecule has 1 aromatic rings. The average molecular weight is 201 g/mol. The van der Waals surface area contributed by atoms with Crippen molar-refractivity contribution in [1.29, 1.82) is 0 Å². The van der Waals surface area contributed by atoms with Crippen molar-refractivity contribution in [2.75, 3.05) is 25.5 Å². The summed E-state index contributed by atoms with van der Waals surface area (Å²) in [5.41, 5.74) is 6.30. The topological polar surface area (TPSA) is 55.0 Å². The predicted octanol–water partition coefficient (Wildman–Crippen LogP) is 0.697. The first-order valence-electron chi connectivity index (χ1n) is 4.04. The van der Waals surface area contributed by atoms with Crippen LogP contribution in [0.15, 0.2) is 6.20 Å². The summed E-state index contributed by atoms with van der Waals surface area (Å²) >= 11 is 5.92. The second-order valence-corrected chi connectivity index (χ2v) is 3.28. The number of aromatic nitrogens is 2. The van der Waals surface area contributed by atoms with Crippen LogP contribution in [0.25, 0.3) is 0 Å². The van der Waals surface area contributed by atoms with E-state index in [2.05, 4.69) is 9.97 Å². The Hall–Kier alpha value is -0.870. The summed E-state index contributed by atoms with van der Waals surface area (Å²) in [5, 5.41) is 0.490. The van der Waals surface area contributed by atoms with Gasteiger partial charge in [0.2, 0.25) is 5.95 Å². The highest BCUT2D eigenvalue weighted by Crippen LogP contribution is 2.15. The van der Waals surface area contributed by atoms with E-state index in [1.165, 1.54) is 0 Å². The van der Waals surface area contributed by atoms with Crippen molar-refractivity contribution < 1.29 is 0 Å². The summed E-state index contributed by atoms with van der Waals surface area (Å²) in [7, 11) is 3.74. The van der Waals surface area contributed by atoms with Crippen LogP contribution in [0.4, 0.5) is 5.95 Å². The van der Waals surface area contributed by atoms with Crippen LogP contribution in [0.1, 0.15) is 5.56 Å². The molecule has 0 fully saturated rings. The maximum atomic E-state index is 5.92. The van der Waals surface area contributed by atoms with E-state index >= 15 is 0 Å². The molecule has 0 saturated heterocycles. The fourth-order valence-corrected chi connectivity index (χ4v) is 1.13. The molecule has 4 nitrogen and oxygen atoms in total. The Labute approximate surface area is 82.7 Å². The van der Waals surface area contributed by atoms with Gasteiger partial charge in [-0.05, 0) is 13.0 Å². The molecule has 0 amide bonds. The monoisotopic (exact) mass is 200 g/mol. The number of nitrogens with two attached hydrogens (primary N) is 1. The lowest BCUT2D eigenvalue weighted by atomic mass is 10.2. The normalized spacial score (nSPS) is 10.2. The van der Waals surface area contributed by atoms with E-state index < -0.39 is 0 Å². The summed E-state index contributed by atoms with van der Waals surface area (Å²) in [6.45, 7) is 0.560. The molecule has 72 valence electrons. The summed E-state index contributed by atoms with van der Waals surface area (Å²) in [4.78, 5) is 10.1. The number of hydrogen-bond acceptors (Lipinski definition) is 4. The van der Waals surface area contributed by atoms with Gasteiger partial charge in [-0.25, -0.2) is 9.97 Å². The maximum Gasteiger partial charge on any atom is 0.226 e. The van der Waals surface area contributed by atoms with Crippen LogP contribution < -0.4 is 10.6 Å². The lowest BCUT2D eigenvalue weighted by Crippen LogP contribution is -2.13. The van der Waals surface area contributed by atoms with Crippen molar-refractivity contribution in [3.63, 3.8) is 0 Å². The molecular formula is C8H13ClN4.